The van der Waals surface area contributed by atoms with Crippen LogP contribution >= 0.6 is 31.4 Å². The minimum atomic E-state index is -0.439. The van der Waals surface area contributed by atoms with Gasteiger partial charge in [0.15, 0.2) is 0 Å². The van der Waals surface area contributed by atoms with Crippen LogP contribution in [0.2, 0.25) is 0 Å². The van der Waals surface area contributed by atoms with E-state index in [1.807, 2.05) is 115 Å². The number of benzene rings is 8. The molecule has 0 aliphatic heterocycles. The number of aliphatic imine (C=N–C) groups is 2. The molecule has 0 aromatic heterocycles. The van der Waals surface area contributed by atoms with Gasteiger partial charge in [0.2, 0.25) is 0 Å². The number of nitrogens with zero attached hydrogens (tertiary/aromatic N) is 2. The van der Waals surface area contributed by atoms with Gasteiger partial charge in [-0.2, -0.15) is 0 Å². The lowest BCUT2D eigenvalue weighted by molar-refractivity contribution is 0.469. The maximum Gasteiger partial charge on any atom is 0.132 e. The van der Waals surface area contributed by atoms with Gasteiger partial charge in [-0.15, -0.1) is 23.5 Å². The summed E-state index contributed by atoms with van der Waals surface area (Å²) >= 11 is 3.54. The Morgan fingerprint density at radius 1 is 0.518 bits per heavy atom. The van der Waals surface area contributed by atoms with Gasteiger partial charge in [0, 0.05) is 50.2 Å². The number of rotatable bonds is 12. The summed E-state index contributed by atoms with van der Waals surface area (Å²) in [5, 5.41) is 30.3. The van der Waals surface area contributed by atoms with E-state index >= 15 is 0 Å². The first-order valence-corrected chi connectivity index (χ1v) is 22.1. The molecule has 0 atom stereocenters. The van der Waals surface area contributed by atoms with Gasteiger partial charge in [0.1, 0.15) is 11.5 Å². The van der Waals surface area contributed by atoms with Gasteiger partial charge >= 0.3 is 0 Å². The highest BCUT2D eigenvalue weighted by Crippen LogP contribution is 2.47. The molecule has 0 heterocycles. The van der Waals surface area contributed by atoms with Crippen molar-refractivity contribution in [2.24, 2.45) is 9.98 Å². The van der Waals surface area contributed by atoms with Crippen LogP contribution in [0.3, 0.4) is 0 Å². The van der Waals surface area contributed by atoms with Gasteiger partial charge in [-0.1, -0.05) is 109 Å². The van der Waals surface area contributed by atoms with E-state index < -0.39 is 7.92 Å². The number of aromatic hydroxyl groups is 2. The number of thioether (sulfide) groups is 2. The van der Waals surface area contributed by atoms with Gasteiger partial charge in [0.25, 0.3) is 0 Å². The van der Waals surface area contributed by atoms with E-state index in [0.717, 1.165) is 49.7 Å². The van der Waals surface area contributed by atoms with Crippen molar-refractivity contribution in [2.75, 3.05) is 18.2 Å². The van der Waals surface area contributed by atoms with Crippen molar-refractivity contribution in [1.82, 2.24) is 0 Å². The van der Waals surface area contributed by atoms with Crippen molar-refractivity contribution in [3.63, 3.8) is 0 Å². The molecule has 0 radical (unpaired) electrons. The van der Waals surface area contributed by atoms with Gasteiger partial charge in [0.05, 0.1) is 11.4 Å². The molecule has 8 rings (SSSR count). The molecule has 8 aromatic carbocycles. The van der Waals surface area contributed by atoms with E-state index in [1.165, 1.54) is 15.5 Å². The summed E-state index contributed by atoms with van der Waals surface area (Å²) in [5.74, 6) is 1.11. The van der Waals surface area contributed by atoms with Crippen LogP contribution in [0.25, 0.3) is 32.7 Å². The number of hydrogen-bond donors (Lipinski definition) is 2. The fourth-order valence-electron chi connectivity index (χ4n) is 6.88. The fraction of sp³-hybridized carbons (Fsp3) is 0.0612. The van der Waals surface area contributed by atoms with E-state index in [9.17, 15) is 10.2 Å². The molecule has 0 saturated carbocycles. The summed E-state index contributed by atoms with van der Waals surface area (Å²) in [6.07, 6.45) is 6.53. The van der Waals surface area contributed by atoms with Crippen LogP contribution in [0.5, 0.6) is 11.5 Å². The Morgan fingerprint density at radius 2 is 0.946 bits per heavy atom. The lowest BCUT2D eigenvalue weighted by Crippen LogP contribution is -2.14. The molecule has 274 valence electrons. The minimum absolute atomic E-state index is 0.0511. The average molecular weight is 783 g/mol. The molecule has 8 aromatic rings. The molecular formula is C49H39N2O2PS2. The van der Waals surface area contributed by atoms with Gasteiger partial charge in [-0.05, 0) is 113 Å². The molecule has 0 aliphatic rings. The van der Waals surface area contributed by atoms with Crippen molar-refractivity contribution in [3.05, 3.63) is 181 Å². The Hall–Kier alpha value is -5.65. The number of phenolic OH excluding ortho intramolecular Hbond substituents is 2. The normalized spacial score (nSPS) is 11.8. The van der Waals surface area contributed by atoms with Crippen LogP contribution < -0.4 is 10.6 Å². The molecule has 0 unspecified atom stereocenters. The summed E-state index contributed by atoms with van der Waals surface area (Å²) < 4.78 is 0. The smallest absolute Gasteiger partial charge is 0.132 e. The first-order chi connectivity index (χ1) is 27.6. The Morgan fingerprint density at radius 3 is 1.41 bits per heavy atom. The van der Waals surface area contributed by atoms with E-state index in [0.29, 0.717) is 22.3 Å². The highest BCUT2D eigenvalue weighted by molar-refractivity contribution is 7.99. The monoisotopic (exact) mass is 782 g/mol. The van der Waals surface area contributed by atoms with Crippen LogP contribution in [-0.4, -0.2) is 40.8 Å². The lowest BCUT2D eigenvalue weighted by Gasteiger charge is -2.18. The van der Waals surface area contributed by atoms with Gasteiger partial charge in [-0.25, -0.2) is 0 Å². The standard InChI is InChI=1S/C49H39N2O2PS2/c1-55-42-24-20-38(21-25-42)50-32-36-30-34-12-8-10-18-44(34)46(48(36)52)47-45-19-11-9-13-35(45)31-37(49(47)53)33-51-39-22-26-43(27-23-39)56-29-28-54(40-14-4-2-5-15-40)41-16-6-3-7-17-41/h2-27,30-33,52-53H,28-29H2,1H3. The van der Waals surface area contributed by atoms with Gasteiger partial charge in [-0.3, -0.25) is 9.98 Å². The second-order valence-electron chi connectivity index (χ2n) is 13.2. The molecule has 0 amide bonds. The summed E-state index contributed by atoms with van der Waals surface area (Å²) in [5.41, 5.74) is 3.80. The van der Waals surface area contributed by atoms with Crippen LogP contribution in [0.4, 0.5) is 11.4 Å². The van der Waals surface area contributed by atoms with Crippen LogP contribution in [-0.2, 0) is 0 Å². The molecule has 0 bridgehead atoms. The largest absolute Gasteiger partial charge is 0.507 e. The molecule has 56 heavy (non-hydrogen) atoms. The Labute approximate surface area is 337 Å². The molecule has 7 heteroatoms. The van der Waals surface area contributed by atoms with Crippen molar-refractivity contribution >= 4 is 87.4 Å². The molecule has 0 aliphatic carbocycles. The second-order valence-corrected chi connectivity index (χ2v) is 17.6. The Bertz CT molecular complexity index is 2630. The van der Waals surface area contributed by atoms with E-state index in [-0.39, 0.29) is 11.5 Å². The second kappa shape index (κ2) is 17.4. The van der Waals surface area contributed by atoms with Crippen LogP contribution in [0.1, 0.15) is 11.1 Å². The third kappa shape index (κ3) is 8.29. The maximum absolute atomic E-state index is 12.1. The highest BCUT2D eigenvalue weighted by atomic mass is 32.2. The van der Waals surface area contributed by atoms with E-state index in [2.05, 4.69) is 72.8 Å². The van der Waals surface area contributed by atoms with Crippen molar-refractivity contribution in [3.8, 4) is 22.6 Å². The molecule has 0 spiro atoms. The van der Waals surface area contributed by atoms with Gasteiger partial charge < -0.3 is 10.2 Å². The first kappa shape index (κ1) is 37.3. The zero-order chi connectivity index (χ0) is 38.3. The summed E-state index contributed by atoms with van der Waals surface area (Å²) in [6, 6.07) is 57.7. The van der Waals surface area contributed by atoms with E-state index in [1.54, 1.807) is 24.2 Å². The maximum atomic E-state index is 12.1. The van der Waals surface area contributed by atoms with Crippen molar-refractivity contribution in [1.29, 1.82) is 0 Å². The molecular weight excluding hydrogens is 744 g/mol. The minimum Gasteiger partial charge on any atom is -0.507 e. The quantitative estimate of drug-likeness (QED) is 0.0736. The summed E-state index contributed by atoms with van der Waals surface area (Å²) in [4.78, 5) is 11.9. The SMILES string of the molecule is CSc1ccc(N=Cc2cc3ccccc3c(-c3c(O)c(C=Nc4ccc(SCCP(c5ccccc5)c5ccccc5)cc4)cc4ccccc34)c2O)cc1. The Balaban J connectivity index is 1.08. The van der Waals surface area contributed by atoms with Crippen molar-refractivity contribution < 1.29 is 10.2 Å². The van der Waals surface area contributed by atoms with Crippen molar-refractivity contribution in [2.45, 2.75) is 9.79 Å². The number of hydrogen-bond acceptors (Lipinski definition) is 6. The Kier molecular flexibility index (Phi) is 11.6. The van der Waals surface area contributed by atoms with Crippen LogP contribution in [0.15, 0.2) is 190 Å². The predicted octanol–water partition coefficient (Wildman–Crippen LogP) is 12.5. The summed E-state index contributed by atoms with van der Waals surface area (Å²) in [7, 11) is -0.439. The molecule has 0 saturated heterocycles. The highest BCUT2D eigenvalue weighted by Gasteiger charge is 2.21. The third-order valence-electron chi connectivity index (χ3n) is 9.69. The molecule has 4 nitrogen and oxygen atoms in total. The fourth-order valence-corrected chi connectivity index (χ4v) is 10.8. The summed E-state index contributed by atoms with van der Waals surface area (Å²) in [6.45, 7) is 0. The zero-order valence-electron chi connectivity index (χ0n) is 30.8. The average Bonchev–Trinajstić information content (AvgIpc) is 3.25. The van der Waals surface area contributed by atoms with Crippen LogP contribution in [0, 0.1) is 0 Å². The topological polar surface area (TPSA) is 65.2 Å². The van der Waals surface area contributed by atoms with E-state index in [4.69, 9.17) is 9.98 Å². The number of phenols is 2. The number of fused-ring (bicyclic) bond motifs is 2. The predicted molar refractivity (Wildman–Crippen MR) is 244 cm³/mol. The molecule has 2 N–H and O–H groups in total. The molecule has 0 fully saturated rings. The lowest BCUT2D eigenvalue weighted by atomic mass is 9.89. The zero-order valence-corrected chi connectivity index (χ0v) is 33.3. The first-order valence-electron chi connectivity index (χ1n) is 18.4. The third-order valence-corrected chi connectivity index (χ3v) is 14.3.